The van der Waals surface area contributed by atoms with Crippen LogP contribution in [0.5, 0.6) is 0 Å². The average Bonchev–Trinajstić information content (AvgIpc) is 2.55. The van der Waals surface area contributed by atoms with Gasteiger partial charge in [-0.3, -0.25) is 0 Å². The number of anilines is 1. The zero-order valence-electron chi connectivity index (χ0n) is 13.2. The Labute approximate surface area is 134 Å². The molecule has 120 valence electrons. The van der Waals surface area contributed by atoms with Crippen LogP contribution in [0.3, 0.4) is 0 Å². The molecule has 1 heterocycles. The van der Waals surface area contributed by atoms with Crippen LogP contribution >= 0.6 is 0 Å². The molecule has 1 aliphatic rings. The van der Waals surface area contributed by atoms with Gasteiger partial charge in [0.1, 0.15) is 11.6 Å². The number of rotatable bonds is 3. The summed E-state index contributed by atoms with van der Waals surface area (Å²) >= 11 is 0. The number of benzene rings is 1. The molecular formula is C18H19FN2O2. The van der Waals surface area contributed by atoms with E-state index in [2.05, 4.69) is 10.3 Å². The molecule has 1 N–H and O–H groups in total. The van der Waals surface area contributed by atoms with E-state index >= 15 is 0 Å². The van der Waals surface area contributed by atoms with Crippen LogP contribution in [-0.4, -0.2) is 18.1 Å². The number of pyridine rings is 1. The fraction of sp³-hybridized carbons (Fsp3) is 0.333. The maximum absolute atomic E-state index is 13.6. The molecular weight excluding hydrogens is 295 g/mol. The number of aryl methyl sites for hydroxylation is 2. The Bertz CT molecular complexity index is 746. The minimum Gasteiger partial charge on any atom is -0.465 e. The standard InChI is InChI=1S/C18H19FN2O2/c1-11-14(18(22)23-2)8-9-17(20-11)21-16-5-3-4-12-6-7-13(19)10-15(12)16/h6-10,16H,3-5H2,1-2H3,(H,20,21). The Balaban J connectivity index is 1.85. The number of nitrogens with zero attached hydrogens (tertiary/aromatic N) is 1. The smallest absolute Gasteiger partial charge is 0.339 e. The Morgan fingerprint density at radius 1 is 1.35 bits per heavy atom. The number of aromatic nitrogens is 1. The number of carbonyl (C=O) groups excluding carboxylic acids is 1. The van der Waals surface area contributed by atoms with Crippen molar-refractivity contribution in [2.75, 3.05) is 12.4 Å². The van der Waals surface area contributed by atoms with Gasteiger partial charge in [-0.1, -0.05) is 6.07 Å². The van der Waals surface area contributed by atoms with Gasteiger partial charge in [0.15, 0.2) is 0 Å². The summed E-state index contributed by atoms with van der Waals surface area (Å²) in [7, 11) is 1.35. The molecule has 4 nitrogen and oxygen atoms in total. The number of carbonyl (C=O) groups is 1. The van der Waals surface area contributed by atoms with E-state index in [9.17, 15) is 9.18 Å². The molecule has 23 heavy (non-hydrogen) atoms. The van der Waals surface area contributed by atoms with Crippen molar-refractivity contribution in [3.8, 4) is 0 Å². The molecule has 5 heteroatoms. The van der Waals surface area contributed by atoms with E-state index in [0.717, 1.165) is 24.8 Å². The molecule has 1 aromatic carbocycles. The van der Waals surface area contributed by atoms with Crippen molar-refractivity contribution < 1.29 is 13.9 Å². The largest absolute Gasteiger partial charge is 0.465 e. The van der Waals surface area contributed by atoms with E-state index in [1.165, 1.54) is 18.7 Å². The summed E-state index contributed by atoms with van der Waals surface area (Å²) in [6.07, 6.45) is 2.95. The second kappa shape index (κ2) is 6.36. The molecule has 3 rings (SSSR count). The minimum absolute atomic E-state index is 0.0327. The summed E-state index contributed by atoms with van der Waals surface area (Å²) in [5.74, 6) is 0.0616. The summed E-state index contributed by atoms with van der Waals surface area (Å²) in [6.45, 7) is 1.77. The third-order valence-corrected chi connectivity index (χ3v) is 4.24. The highest BCUT2D eigenvalue weighted by Gasteiger charge is 2.21. The van der Waals surface area contributed by atoms with Crippen LogP contribution in [0.4, 0.5) is 10.2 Å². The van der Waals surface area contributed by atoms with Crippen LogP contribution in [0.1, 0.15) is 46.1 Å². The highest BCUT2D eigenvalue weighted by atomic mass is 19.1. The van der Waals surface area contributed by atoms with Crippen molar-refractivity contribution in [3.05, 3.63) is 58.5 Å². The minimum atomic E-state index is -0.397. The zero-order chi connectivity index (χ0) is 16.4. The maximum Gasteiger partial charge on any atom is 0.339 e. The van der Waals surface area contributed by atoms with Crippen molar-refractivity contribution in [2.24, 2.45) is 0 Å². The third-order valence-electron chi connectivity index (χ3n) is 4.24. The first-order chi connectivity index (χ1) is 11.1. The lowest BCUT2D eigenvalue weighted by molar-refractivity contribution is 0.0599. The number of fused-ring (bicyclic) bond motifs is 1. The normalized spacial score (nSPS) is 16.6. The SMILES string of the molecule is COC(=O)c1ccc(NC2CCCc3ccc(F)cc32)nc1C. The topological polar surface area (TPSA) is 51.2 Å². The Morgan fingerprint density at radius 3 is 2.91 bits per heavy atom. The molecule has 1 atom stereocenters. The van der Waals surface area contributed by atoms with Gasteiger partial charge in [0.25, 0.3) is 0 Å². The van der Waals surface area contributed by atoms with Crippen LogP contribution in [-0.2, 0) is 11.2 Å². The molecule has 0 saturated heterocycles. The summed E-state index contributed by atoms with van der Waals surface area (Å²) in [4.78, 5) is 16.0. The molecule has 1 aromatic heterocycles. The van der Waals surface area contributed by atoms with Gasteiger partial charge in [-0.15, -0.1) is 0 Å². The fourth-order valence-corrected chi connectivity index (χ4v) is 3.07. The predicted molar refractivity (Wildman–Crippen MR) is 86.0 cm³/mol. The van der Waals surface area contributed by atoms with Gasteiger partial charge in [-0.2, -0.15) is 0 Å². The van der Waals surface area contributed by atoms with E-state index in [-0.39, 0.29) is 11.9 Å². The first kappa shape index (κ1) is 15.5. The van der Waals surface area contributed by atoms with Crippen molar-refractivity contribution >= 4 is 11.8 Å². The number of methoxy groups -OCH3 is 1. The van der Waals surface area contributed by atoms with Crippen LogP contribution in [0, 0.1) is 12.7 Å². The summed E-state index contributed by atoms with van der Waals surface area (Å²) in [5.41, 5.74) is 3.23. The fourth-order valence-electron chi connectivity index (χ4n) is 3.07. The molecule has 0 saturated carbocycles. The summed E-state index contributed by atoms with van der Waals surface area (Å²) in [6, 6.07) is 8.46. The van der Waals surface area contributed by atoms with E-state index in [4.69, 9.17) is 4.74 Å². The second-order valence-electron chi connectivity index (χ2n) is 5.75. The van der Waals surface area contributed by atoms with Gasteiger partial charge in [-0.05, 0) is 61.6 Å². The van der Waals surface area contributed by atoms with Crippen LogP contribution in [0.25, 0.3) is 0 Å². The number of esters is 1. The van der Waals surface area contributed by atoms with Crippen LogP contribution in [0.15, 0.2) is 30.3 Å². The zero-order valence-corrected chi connectivity index (χ0v) is 13.2. The van der Waals surface area contributed by atoms with Crippen molar-refractivity contribution in [1.82, 2.24) is 4.98 Å². The molecule has 0 spiro atoms. The number of nitrogens with one attached hydrogen (secondary N) is 1. The van der Waals surface area contributed by atoms with E-state index in [0.29, 0.717) is 17.1 Å². The summed E-state index contributed by atoms with van der Waals surface area (Å²) < 4.78 is 18.3. The number of ether oxygens (including phenoxy) is 1. The lowest BCUT2D eigenvalue weighted by atomic mass is 9.87. The molecule has 1 unspecified atom stereocenters. The molecule has 0 amide bonds. The molecule has 0 bridgehead atoms. The van der Waals surface area contributed by atoms with Crippen molar-refractivity contribution in [2.45, 2.75) is 32.2 Å². The first-order valence-corrected chi connectivity index (χ1v) is 7.69. The molecule has 2 aromatic rings. The van der Waals surface area contributed by atoms with Gasteiger partial charge < -0.3 is 10.1 Å². The lowest BCUT2D eigenvalue weighted by Crippen LogP contribution is -2.18. The highest BCUT2D eigenvalue weighted by molar-refractivity contribution is 5.90. The van der Waals surface area contributed by atoms with Gasteiger partial charge >= 0.3 is 5.97 Å². The Morgan fingerprint density at radius 2 is 2.17 bits per heavy atom. The lowest BCUT2D eigenvalue weighted by Gasteiger charge is -2.27. The van der Waals surface area contributed by atoms with Gasteiger partial charge in [0.2, 0.25) is 0 Å². The molecule has 0 fully saturated rings. The molecule has 0 aliphatic heterocycles. The predicted octanol–water partition coefficient (Wildman–Crippen LogP) is 3.81. The highest BCUT2D eigenvalue weighted by Crippen LogP contribution is 2.32. The number of hydrogen-bond donors (Lipinski definition) is 1. The van der Waals surface area contributed by atoms with Crippen LogP contribution in [0.2, 0.25) is 0 Å². The quantitative estimate of drug-likeness (QED) is 0.875. The molecule has 1 aliphatic carbocycles. The van der Waals surface area contributed by atoms with E-state index in [1.807, 2.05) is 6.07 Å². The first-order valence-electron chi connectivity index (χ1n) is 7.69. The monoisotopic (exact) mass is 314 g/mol. The van der Waals surface area contributed by atoms with Crippen molar-refractivity contribution in [1.29, 1.82) is 0 Å². The molecule has 0 radical (unpaired) electrons. The van der Waals surface area contributed by atoms with Gasteiger partial charge in [0, 0.05) is 0 Å². The number of halogens is 1. The van der Waals surface area contributed by atoms with Crippen molar-refractivity contribution in [3.63, 3.8) is 0 Å². The second-order valence-corrected chi connectivity index (χ2v) is 5.75. The average molecular weight is 314 g/mol. The third kappa shape index (κ3) is 3.18. The van der Waals surface area contributed by atoms with E-state index in [1.54, 1.807) is 25.1 Å². The van der Waals surface area contributed by atoms with Gasteiger partial charge in [0.05, 0.1) is 24.4 Å². The van der Waals surface area contributed by atoms with E-state index < -0.39 is 5.97 Å². The van der Waals surface area contributed by atoms with Crippen LogP contribution < -0.4 is 5.32 Å². The van der Waals surface area contributed by atoms with Gasteiger partial charge in [-0.25, -0.2) is 14.2 Å². The Kier molecular flexibility index (Phi) is 4.28. The maximum atomic E-state index is 13.6. The number of hydrogen-bond acceptors (Lipinski definition) is 4. The Hall–Kier alpha value is -2.43. The summed E-state index contributed by atoms with van der Waals surface area (Å²) in [5, 5.41) is 3.36.